The van der Waals surface area contributed by atoms with Gasteiger partial charge in [-0.15, -0.1) is 0 Å². The molecule has 2 rings (SSSR count). The third-order valence-corrected chi connectivity index (χ3v) is 4.30. The minimum atomic E-state index is -0.466. The van der Waals surface area contributed by atoms with Gasteiger partial charge in [0.1, 0.15) is 6.73 Å². The molecule has 0 radical (unpaired) electrons. The van der Waals surface area contributed by atoms with Crippen LogP contribution in [0.1, 0.15) is 41.3 Å². The number of aromatic amines is 1. The van der Waals surface area contributed by atoms with Crippen LogP contribution in [-0.4, -0.2) is 27.9 Å². The monoisotopic (exact) mass is 346 g/mol. The summed E-state index contributed by atoms with van der Waals surface area (Å²) < 4.78 is 6.98. The second-order valence-electron chi connectivity index (χ2n) is 6.19. The third-order valence-electron chi connectivity index (χ3n) is 4.30. The van der Waals surface area contributed by atoms with Gasteiger partial charge in [-0.2, -0.15) is 0 Å². The smallest absolute Gasteiger partial charge is 0.330 e. The average Bonchev–Trinajstić information content (AvgIpc) is 2.57. The Morgan fingerprint density at radius 3 is 2.68 bits per heavy atom. The van der Waals surface area contributed by atoms with Crippen molar-refractivity contribution in [2.45, 2.75) is 46.8 Å². The molecule has 0 fully saturated rings. The number of aromatic nitrogens is 2. The number of aliphatic hydroxyl groups excluding tert-OH is 1. The van der Waals surface area contributed by atoms with Crippen LogP contribution in [-0.2, 0) is 24.3 Å². The predicted molar refractivity (Wildman–Crippen MR) is 97.1 cm³/mol. The highest BCUT2D eigenvalue weighted by Gasteiger charge is 2.15. The van der Waals surface area contributed by atoms with E-state index in [4.69, 9.17) is 9.84 Å². The highest BCUT2D eigenvalue weighted by Crippen LogP contribution is 2.17. The van der Waals surface area contributed by atoms with Crippen molar-refractivity contribution >= 4 is 0 Å². The van der Waals surface area contributed by atoms with E-state index < -0.39 is 5.69 Å². The van der Waals surface area contributed by atoms with Crippen molar-refractivity contribution in [2.75, 3.05) is 13.2 Å². The van der Waals surface area contributed by atoms with Gasteiger partial charge in [0.25, 0.3) is 5.56 Å². The largest absolute Gasteiger partial charge is 0.396 e. The van der Waals surface area contributed by atoms with Crippen LogP contribution in [0.2, 0.25) is 0 Å². The van der Waals surface area contributed by atoms with Gasteiger partial charge in [-0.05, 0) is 37.8 Å². The van der Waals surface area contributed by atoms with Gasteiger partial charge >= 0.3 is 5.69 Å². The molecule has 0 saturated carbocycles. The molecule has 2 aromatic rings. The van der Waals surface area contributed by atoms with Gasteiger partial charge in [0.2, 0.25) is 0 Å². The van der Waals surface area contributed by atoms with Gasteiger partial charge in [0, 0.05) is 24.3 Å². The molecule has 0 saturated heterocycles. The summed E-state index contributed by atoms with van der Waals surface area (Å²) in [6.07, 6.45) is 1.54. The van der Waals surface area contributed by atoms with Gasteiger partial charge < -0.3 is 9.84 Å². The molecule has 1 heterocycles. The van der Waals surface area contributed by atoms with E-state index in [0.717, 1.165) is 16.7 Å². The maximum Gasteiger partial charge on any atom is 0.330 e. The molecular weight excluding hydrogens is 320 g/mol. The first-order valence-electron chi connectivity index (χ1n) is 8.57. The first kappa shape index (κ1) is 19.1. The quantitative estimate of drug-likeness (QED) is 0.712. The van der Waals surface area contributed by atoms with Crippen LogP contribution in [0.15, 0.2) is 27.8 Å². The van der Waals surface area contributed by atoms with Crippen LogP contribution in [0.25, 0.3) is 0 Å². The van der Waals surface area contributed by atoms with E-state index in [1.54, 1.807) is 0 Å². The van der Waals surface area contributed by atoms with Gasteiger partial charge in [0.15, 0.2) is 0 Å². The summed E-state index contributed by atoms with van der Waals surface area (Å²) in [5.41, 5.74) is 3.83. The Labute approximate surface area is 147 Å². The molecule has 0 spiro atoms. The van der Waals surface area contributed by atoms with Crippen molar-refractivity contribution in [3.8, 4) is 0 Å². The number of benzene rings is 1. The highest BCUT2D eigenvalue weighted by atomic mass is 16.5. The van der Waals surface area contributed by atoms with Crippen molar-refractivity contribution in [3.05, 3.63) is 67.0 Å². The van der Waals surface area contributed by atoms with Crippen LogP contribution in [0.4, 0.5) is 0 Å². The second kappa shape index (κ2) is 8.78. The molecule has 0 bridgehead atoms. The van der Waals surface area contributed by atoms with Gasteiger partial charge in [-0.25, -0.2) is 4.79 Å². The van der Waals surface area contributed by atoms with Crippen molar-refractivity contribution in [1.29, 1.82) is 0 Å². The molecule has 1 aromatic carbocycles. The molecule has 0 aliphatic rings. The molecule has 136 valence electrons. The van der Waals surface area contributed by atoms with E-state index in [2.05, 4.69) is 11.1 Å². The van der Waals surface area contributed by atoms with Crippen molar-refractivity contribution in [3.63, 3.8) is 0 Å². The van der Waals surface area contributed by atoms with Gasteiger partial charge in [-0.1, -0.05) is 30.7 Å². The summed E-state index contributed by atoms with van der Waals surface area (Å²) >= 11 is 0. The molecule has 0 aliphatic heterocycles. The lowest BCUT2D eigenvalue weighted by Crippen LogP contribution is -2.36. The molecule has 2 N–H and O–H groups in total. The number of hydrogen-bond acceptors (Lipinski definition) is 4. The number of rotatable bonds is 8. The number of H-pyrrole nitrogens is 1. The van der Waals surface area contributed by atoms with Crippen molar-refractivity contribution in [2.24, 2.45) is 0 Å². The molecule has 0 aliphatic carbocycles. The second-order valence-corrected chi connectivity index (χ2v) is 6.19. The maximum absolute atomic E-state index is 12.3. The van der Waals surface area contributed by atoms with E-state index in [9.17, 15) is 9.59 Å². The topological polar surface area (TPSA) is 84.3 Å². The molecule has 6 heteroatoms. The maximum atomic E-state index is 12.3. The fourth-order valence-electron chi connectivity index (χ4n) is 2.85. The predicted octanol–water partition coefficient (Wildman–Crippen LogP) is 1.66. The summed E-state index contributed by atoms with van der Waals surface area (Å²) in [5.74, 6) is 0. The summed E-state index contributed by atoms with van der Waals surface area (Å²) in [5, 5.41) is 8.85. The Morgan fingerprint density at radius 2 is 2.00 bits per heavy atom. The Bertz CT molecular complexity index is 836. The van der Waals surface area contributed by atoms with E-state index in [-0.39, 0.29) is 18.9 Å². The summed E-state index contributed by atoms with van der Waals surface area (Å²) in [6, 6.07) is 6.17. The Balaban J connectivity index is 2.47. The molecule has 0 amide bonds. The Kier molecular flexibility index (Phi) is 6.73. The van der Waals surface area contributed by atoms with E-state index >= 15 is 0 Å². The number of aliphatic hydroxyl groups is 1. The minimum Gasteiger partial charge on any atom is -0.396 e. The molecular formula is C19H26N2O4. The number of hydrogen-bond donors (Lipinski definition) is 2. The fraction of sp³-hybridized carbons (Fsp3) is 0.474. The van der Waals surface area contributed by atoms with Crippen LogP contribution >= 0.6 is 0 Å². The highest BCUT2D eigenvalue weighted by molar-refractivity contribution is 5.35. The molecule has 0 unspecified atom stereocenters. The first-order chi connectivity index (χ1) is 12.0. The number of aryl methyl sites for hydroxylation is 2. The minimum absolute atomic E-state index is 0.0378. The first-order valence-corrected chi connectivity index (χ1v) is 8.57. The third kappa shape index (κ3) is 4.67. The lowest BCUT2D eigenvalue weighted by Gasteiger charge is -2.17. The standard InChI is InChI=1S/C19H26N2O4/c1-4-16-17(11-15-10-13(2)6-7-14(15)3)21(12-25-9-5-8-22)19(24)20-18(16)23/h6-7,10,22H,4-5,8-9,11-12H2,1-3H3,(H,20,23,24). The average molecular weight is 346 g/mol. The lowest BCUT2D eigenvalue weighted by molar-refractivity contribution is 0.0611. The number of nitrogens with zero attached hydrogens (tertiary/aromatic N) is 1. The zero-order valence-corrected chi connectivity index (χ0v) is 15.1. The van der Waals surface area contributed by atoms with E-state index in [0.29, 0.717) is 37.1 Å². The van der Waals surface area contributed by atoms with Crippen molar-refractivity contribution < 1.29 is 9.84 Å². The Morgan fingerprint density at radius 1 is 1.24 bits per heavy atom. The summed E-state index contributed by atoms with van der Waals surface area (Å²) in [4.78, 5) is 26.9. The van der Waals surface area contributed by atoms with Crippen LogP contribution in [0.3, 0.4) is 0 Å². The summed E-state index contributed by atoms with van der Waals surface area (Å²) in [6.45, 7) is 6.39. The SMILES string of the molecule is CCc1c(Cc2cc(C)ccc2C)n(COCCCO)c(=O)[nH]c1=O. The molecule has 0 atom stereocenters. The zero-order chi connectivity index (χ0) is 18.4. The van der Waals surface area contributed by atoms with Crippen LogP contribution in [0.5, 0.6) is 0 Å². The van der Waals surface area contributed by atoms with E-state index in [1.807, 2.05) is 32.9 Å². The van der Waals surface area contributed by atoms with Gasteiger partial charge in [-0.3, -0.25) is 14.3 Å². The van der Waals surface area contributed by atoms with Gasteiger partial charge in [0.05, 0.1) is 6.61 Å². The Hall–Kier alpha value is -2.18. The van der Waals surface area contributed by atoms with Crippen molar-refractivity contribution in [1.82, 2.24) is 9.55 Å². The van der Waals surface area contributed by atoms with Crippen LogP contribution < -0.4 is 11.2 Å². The normalized spacial score (nSPS) is 11.0. The summed E-state index contributed by atoms with van der Waals surface area (Å²) in [7, 11) is 0. The van der Waals surface area contributed by atoms with E-state index in [1.165, 1.54) is 4.57 Å². The molecule has 1 aromatic heterocycles. The molecule has 6 nitrogen and oxygen atoms in total. The lowest BCUT2D eigenvalue weighted by atomic mass is 9.98. The number of ether oxygens (including phenoxy) is 1. The zero-order valence-electron chi connectivity index (χ0n) is 15.1. The number of nitrogens with one attached hydrogen (secondary N) is 1. The fourth-order valence-corrected chi connectivity index (χ4v) is 2.85. The molecule has 25 heavy (non-hydrogen) atoms. The van der Waals surface area contributed by atoms with Crippen LogP contribution in [0, 0.1) is 13.8 Å².